The average Bonchev–Trinajstić information content (AvgIpc) is 3.15. The topological polar surface area (TPSA) is 130 Å². The van der Waals surface area contributed by atoms with Crippen molar-refractivity contribution in [2.75, 3.05) is 27.9 Å². The summed E-state index contributed by atoms with van der Waals surface area (Å²) in [7, 11) is 4.47. The van der Waals surface area contributed by atoms with Crippen LogP contribution in [0.15, 0.2) is 36.1 Å². The van der Waals surface area contributed by atoms with E-state index in [0.29, 0.717) is 34.8 Å². The van der Waals surface area contributed by atoms with Crippen LogP contribution in [-0.2, 0) is 9.59 Å². The summed E-state index contributed by atoms with van der Waals surface area (Å²) in [6, 6.07) is 6.97. The van der Waals surface area contributed by atoms with Crippen LogP contribution in [0, 0.1) is 5.92 Å². The molecular formula is C26H29NO9. The van der Waals surface area contributed by atoms with Gasteiger partial charge in [0.1, 0.15) is 17.5 Å². The number of methoxy groups -OCH3 is 3. The molecule has 0 aromatic heterocycles. The van der Waals surface area contributed by atoms with Crippen molar-refractivity contribution < 1.29 is 43.2 Å². The Morgan fingerprint density at radius 2 is 1.78 bits per heavy atom. The molecule has 2 aromatic carbocycles. The van der Waals surface area contributed by atoms with Crippen LogP contribution < -0.4 is 29.0 Å². The van der Waals surface area contributed by atoms with Crippen molar-refractivity contribution in [1.29, 1.82) is 0 Å². The number of fused-ring (bicyclic) bond motifs is 1. The average molecular weight is 500 g/mol. The monoisotopic (exact) mass is 499 g/mol. The number of carboxylic acid groups (broad SMARTS) is 1. The van der Waals surface area contributed by atoms with E-state index in [1.807, 2.05) is 13.8 Å². The molecule has 1 heterocycles. The molecule has 2 N–H and O–H groups in total. The minimum atomic E-state index is -1.10. The SMILES string of the molecule is COc1ccc(/C=C2\Oc3cc(OCC(=O)N[C@H](CC(C)C)C(=O)O)ccc3C2=O)c(OC)c1OC. The van der Waals surface area contributed by atoms with Crippen molar-refractivity contribution in [2.45, 2.75) is 26.3 Å². The van der Waals surface area contributed by atoms with E-state index in [4.69, 9.17) is 23.7 Å². The van der Waals surface area contributed by atoms with E-state index < -0.39 is 17.9 Å². The summed E-state index contributed by atoms with van der Waals surface area (Å²) in [4.78, 5) is 36.4. The summed E-state index contributed by atoms with van der Waals surface area (Å²) >= 11 is 0. The molecule has 0 saturated heterocycles. The second-order valence-electron chi connectivity index (χ2n) is 8.40. The van der Waals surface area contributed by atoms with E-state index >= 15 is 0 Å². The molecule has 0 fully saturated rings. The number of hydrogen-bond donors (Lipinski definition) is 2. The van der Waals surface area contributed by atoms with Gasteiger partial charge in [-0.05, 0) is 42.7 Å². The Balaban J connectivity index is 1.73. The molecule has 0 unspecified atom stereocenters. The molecule has 36 heavy (non-hydrogen) atoms. The molecule has 0 aliphatic carbocycles. The number of ketones is 1. The van der Waals surface area contributed by atoms with Crippen LogP contribution in [0.25, 0.3) is 6.08 Å². The lowest BCUT2D eigenvalue weighted by Gasteiger charge is -2.16. The molecule has 0 saturated carbocycles. The zero-order valence-corrected chi connectivity index (χ0v) is 20.7. The quantitative estimate of drug-likeness (QED) is 0.447. The van der Waals surface area contributed by atoms with Gasteiger partial charge < -0.3 is 34.1 Å². The zero-order valence-electron chi connectivity index (χ0n) is 20.7. The fraction of sp³-hybridized carbons (Fsp3) is 0.346. The van der Waals surface area contributed by atoms with Crippen LogP contribution in [0.3, 0.4) is 0 Å². The van der Waals surface area contributed by atoms with Gasteiger partial charge in [-0.1, -0.05) is 13.8 Å². The molecule has 192 valence electrons. The number of aliphatic carboxylic acids is 1. The van der Waals surface area contributed by atoms with Crippen LogP contribution in [-0.4, -0.2) is 56.7 Å². The van der Waals surface area contributed by atoms with Gasteiger partial charge in [0.05, 0.1) is 26.9 Å². The van der Waals surface area contributed by atoms with Crippen molar-refractivity contribution >= 4 is 23.7 Å². The highest BCUT2D eigenvalue weighted by Gasteiger charge is 2.29. The summed E-state index contributed by atoms with van der Waals surface area (Å²) in [6.45, 7) is 3.35. The highest BCUT2D eigenvalue weighted by atomic mass is 16.5. The Hall–Kier alpha value is -4.21. The number of rotatable bonds is 11. The van der Waals surface area contributed by atoms with E-state index in [1.54, 1.807) is 12.1 Å². The maximum absolute atomic E-state index is 12.9. The maximum Gasteiger partial charge on any atom is 0.326 e. The Morgan fingerprint density at radius 1 is 1.06 bits per heavy atom. The van der Waals surface area contributed by atoms with Gasteiger partial charge >= 0.3 is 5.97 Å². The highest BCUT2D eigenvalue weighted by Crippen LogP contribution is 2.42. The van der Waals surface area contributed by atoms with Gasteiger partial charge in [-0.3, -0.25) is 9.59 Å². The van der Waals surface area contributed by atoms with E-state index in [0.717, 1.165) is 0 Å². The van der Waals surface area contributed by atoms with Crippen LogP contribution in [0.1, 0.15) is 36.2 Å². The van der Waals surface area contributed by atoms with Crippen LogP contribution in [0.2, 0.25) is 0 Å². The molecule has 1 amide bonds. The van der Waals surface area contributed by atoms with E-state index in [2.05, 4.69) is 5.32 Å². The molecule has 10 nitrogen and oxygen atoms in total. The first kappa shape index (κ1) is 26.4. The Morgan fingerprint density at radius 3 is 2.39 bits per heavy atom. The molecule has 1 aliphatic heterocycles. The maximum atomic E-state index is 12.9. The number of ether oxygens (including phenoxy) is 5. The zero-order chi connectivity index (χ0) is 26.4. The number of hydrogen-bond acceptors (Lipinski definition) is 8. The van der Waals surface area contributed by atoms with Crippen LogP contribution in [0.5, 0.6) is 28.7 Å². The summed E-state index contributed by atoms with van der Waals surface area (Å²) in [5.74, 6) is -0.0397. The molecule has 0 spiro atoms. The predicted molar refractivity (Wildman–Crippen MR) is 130 cm³/mol. The largest absolute Gasteiger partial charge is 0.493 e. The van der Waals surface area contributed by atoms with Gasteiger partial charge in [-0.2, -0.15) is 0 Å². The van der Waals surface area contributed by atoms with Gasteiger partial charge in [0.15, 0.2) is 23.9 Å². The fourth-order valence-corrected chi connectivity index (χ4v) is 3.71. The highest BCUT2D eigenvalue weighted by molar-refractivity contribution is 6.14. The Labute approximate surface area is 208 Å². The second-order valence-corrected chi connectivity index (χ2v) is 8.40. The third-order valence-electron chi connectivity index (χ3n) is 5.37. The second kappa shape index (κ2) is 11.5. The Kier molecular flexibility index (Phi) is 8.42. The minimum absolute atomic E-state index is 0.0726. The molecule has 3 rings (SSSR count). The van der Waals surface area contributed by atoms with Crippen molar-refractivity contribution in [1.82, 2.24) is 5.32 Å². The number of carbonyl (C=O) groups is 3. The smallest absolute Gasteiger partial charge is 0.326 e. The van der Waals surface area contributed by atoms with Gasteiger partial charge in [-0.25, -0.2) is 4.79 Å². The van der Waals surface area contributed by atoms with Crippen molar-refractivity contribution in [3.05, 3.63) is 47.2 Å². The fourth-order valence-electron chi connectivity index (χ4n) is 3.71. The van der Waals surface area contributed by atoms with Crippen LogP contribution in [0.4, 0.5) is 0 Å². The van der Waals surface area contributed by atoms with Gasteiger partial charge in [0.2, 0.25) is 11.5 Å². The van der Waals surface area contributed by atoms with Crippen molar-refractivity contribution in [3.63, 3.8) is 0 Å². The summed E-state index contributed by atoms with van der Waals surface area (Å²) in [5, 5.41) is 11.7. The lowest BCUT2D eigenvalue weighted by molar-refractivity contribution is -0.142. The number of carboxylic acids is 1. The van der Waals surface area contributed by atoms with Crippen molar-refractivity contribution in [2.24, 2.45) is 5.92 Å². The molecule has 1 atom stereocenters. The molecule has 0 radical (unpaired) electrons. The summed E-state index contributed by atoms with van der Waals surface area (Å²) in [6.07, 6.45) is 1.84. The number of allylic oxidation sites excluding steroid dienone is 1. The van der Waals surface area contributed by atoms with Crippen LogP contribution >= 0.6 is 0 Å². The third-order valence-corrected chi connectivity index (χ3v) is 5.37. The molecule has 0 bridgehead atoms. The molecule has 2 aromatic rings. The third kappa shape index (κ3) is 5.88. The molecule has 1 aliphatic rings. The predicted octanol–water partition coefficient (Wildman–Crippen LogP) is 3.32. The van der Waals surface area contributed by atoms with Gasteiger partial charge in [-0.15, -0.1) is 0 Å². The van der Waals surface area contributed by atoms with E-state index in [1.165, 1.54) is 45.6 Å². The number of nitrogens with one attached hydrogen (secondary N) is 1. The van der Waals surface area contributed by atoms with E-state index in [9.17, 15) is 19.5 Å². The summed E-state index contributed by atoms with van der Waals surface area (Å²) < 4.78 is 27.4. The van der Waals surface area contributed by atoms with Crippen molar-refractivity contribution in [3.8, 4) is 28.7 Å². The number of benzene rings is 2. The van der Waals surface area contributed by atoms with Gasteiger partial charge in [0.25, 0.3) is 5.91 Å². The normalized spacial score (nSPS) is 14.2. The Bertz CT molecular complexity index is 1190. The summed E-state index contributed by atoms with van der Waals surface area (Å²) in [5.41, 5.74) is 0.884. The number of Topliss-reactive ketones (excluding diaryl/α,β-unsaturated/α-hetero) is 1. The lowest BCUT2D eigenvalue weighted by atomic mass is 10.0. The number of amides is 1. The minimum Gasteiger partial charge on any atom is -0.493 e. The molecule has 10 heteroatoms. The first-order valence-electron chi connectivity index (χ1n) is 11.2. The number of carbonyl (C=O) groups excluding carboxylic acids is 2. The van der Waals surface area contributed by atoms with Gasteiger partial charge in [0, 0.05) is 11.6 Å². The van der Waals surface area contributed by atoms with E-state index in [-0.39, 0.29) is 35.6 Å². The lowest BCUT2D eigenvalue weighted by Crippen LogP contribution is -2.43. The first-order valence-corrected chi connectivity index (χ1v) is 11.2. The first-order chi connectivity index (χ1) is 17.2. The molecular weight excluding hydrogens is 470 g/mol. The standard InChI is InChI=1S/C26H29NO9/c1-14(2)10-18(26(30)31)27-22(28)13-35-16-7-8-17-20(12-16)36-21(23(17)29)11-15-6-9-19(32-3)25(34-5)24(15)33-4/h6-9,11-12,14,18H,10,13H2,1-5H3,(H,27,28)(H,30,31)/b21-11-/t18-/m1/s1.